The molecule has 1 nitrogen and oxygen atoms in total. The van der Waals surface area contributed by atoms with E-state index in [-0.39, 0.29) is 7.92 Å². The lowest BCUT2D eigenvalue weighted by molar-refractivity contribution is 0.0350. The van der Waals surface area contributed by atoms with Gasteiger partial charge in [0.25, 0.3) is 0 Å². The van der Waals surface area contributed by atoms with Crippen molar-refractivity contribution in [3.05, 3.63) is 0 Å². The Kier molecular flexibility index (Phi) is 2.19. The molecule has 4 bridgehead atoms. The second kappa shape index (κ2) is 3.19. The van der Waals surface area contributed by atoms with E-state index < -0.39 is 0 Å². The van der Waals surface area contributed by atoms with Crippen LogP contribution in [0.3, 0.4) is 0 Å². The molecule has 0 aliphatic heterocycles. The van der Waals surface area contributed by atoms with E-state index in [0.717, 1.165) is 17.8 Å². The predicted molar refractivity (Wildman–Crippen MR) is 60.8 cm³/mol. The van der Waals surface area contributed by atoms with E-state index in [0.29, 0.717) is 11.5 Å². The van der Waals surface area contributed by atoms with Crippen molar-refractivity contribution in [1.29, 1.82) is 0 Å². The summed E-state index contributed by atoms with van der Waals surface area (Å²) in [4.78, 5) is 0. The highest BCUT2D eigenvalue weighted by Crippen LogP contribution is 2.67. The van der Waals surface area contributed by atoms with Crippen LogP contribution in [0.15, 0.2) is 0 Å². The third kappa shape index (κ3) is 1.28. The standard InChI is InChI=1S/C12H21OP/c1-14(8-13)12-5-9-2-10(6-12)4-11(3-9)7-12/h9-11,13H,2-8H2,1H3. The van der Waals surface area contributed by atoms with E-state index in [4.69, 9.17) is 0 Å². The third-order valence-corrected chi connectivity index (χ3v) is 7.62. The SMILES string of the molecule is CP(CO)C12CC3CC(CC(C3)C1)C2. The fraction of sp³-hybridized carbons (Fsp3) is 1.00. The van der Waals surface area contributed by atoms with Gasteiger partial charge in [-0.25, -0.2) is 0 Å². The molecule has 1 unspecified atom stereocenters. The van der Waals surface area contributed by atoms with Crippen LogP contribution in [0.2, 0.25) is 0 Å². The monoisotopic (exact) mass is 212 g/mol. The fourth-order valence-electron chi connectivity index (χ4n) is 4.68. The molecule has 4 fully saturated rings. The maximum Gasteiger partial charge on any atom is 0.0627 e. The van der Waals surface area contributed by atoms with Crippen molar-refractivity contribution in [1.82, 2.24) is 0 Å². The highest BCUT2D eigenvalue weighted by atomic mass is 31.1. The summed E-state index contributed by atoms with van der Waals surface area (Å²) in [6.45, 7) is 2.34. The number of hydrogen-bond donors (Lipinski definition) is 1. The fourth-order valence-corrected chi connectivity index (χ4v) is 6.69. The predicted octanol–water partition coefficient (Wildman–Crippen LogP) is 3.02. The molecule has 0 radical (unpaired) electrons. The van der Waals surface area contributed by atoms with Crippen molar-refractivity contribution in [2.45, 2.75) is 43.7 Å². The van der Waals surface area contributed by atoms with Crippen LogP contribution in [0.4, 0.5) is 0 Å². The van der Waals surface area contributed by atoms with E-state index in [9.17, 15) is 5.11 Å². The molecular formula is C12H21OP. The van der Waals surface area contributed by atoms with E-state index in [1.165, 1.54) is 38.5 Å². The van der Waals surface area contributed by atoms with Gasteiger partial charge < -0.3 is 5.11 Å². The molecule has 14 heavy (non-hydrogen) atoms. The molecule has 0 aromatic carbocycles. The summed E-state index contributed by atoms with van der Waals surface area (Å²) in [5, 5.41) is 10.0. The smallest absolute Gasteiger partial charge is 0.0627 e. The van der Waals surface area contributed by atoms with Crippen molar-refractivity contribution in [2.75, 3.05) is 13.0 Å². The summed E-state index contributed by atoms with van der Waals surface area (Å²) in [5.41, 5.74) is 0. The van der Waals surface area contributed by atoms with E-state index >= 15 is 0 Å². The molecule has 4 aliphatic rings. The first-order valence-electron chi connectivity index (χ1n) is 6.04. The minimum absolute atomic E-state index is 0.0969. The van der Waals surface area contributed by atoms with Gasteiger partial charge in [0.1, 0.15) is 0 Å². The largest absolute Gasteiger partial charge is 0.392 e. The Balaban J connectivity index is 1.87. The van der Waals surface area contributed by atoms with Crippen molar-refractivity contribution in [2.24, 2.45) is 17.8 Å². The molecule has 0 saturated heterocycles. The minimum atomic E-state index is -0.0969. The number of hydrogen-bond acceptors (Lipinski definition) is 1. The first-order chi connectivity index (χ1) is 6.72. The van der Waals surface area contributed by atoms with Gasteiger partial charge in [-0.1, -0.05) is 7.92 Å². The highest BCUT2D eigenvalue weighted by Gasteiger charge is 2.52. The number of aliphatic hydroxyl groups excluding tert-OH is 1. The Hall–Kier alpha value is 0.390. The number of rotatable bonds is 2. The highest BCUT2D eigenvalue weighted by molar-refractivity contribution is 7.58. The molecule has 0 heterocycles. The number of aliphatic hydroxyl groups is 1. The van der Waals surface area contributed by atoms with Crippen molar-refractivity contribution < 1.29 is 5.11 Å². The molecule has 1 atom stereocenters. The topological polar surface area (TPSA) is 20.2 Å². The Bertz CT molecular complexity index is 203. The van der Waals surface area contributed by atoms with Crippen LogP contribution in [-0.4, -0.2) is 23.3 Å². The Morgan fingerprint density at radius 2 is 1.50 bits per heavy atom. The summed E-state index contributed by atoms with van der Waals surface area (Å²) in [6, 6.07) is 0. The Labute approximate surface area is 88.0 Å². The van der Waals surface area contributed by atoms with Gasteiger partial charge in [-0.15, -0.1) is 0 Å². The lowest BCUT2D eigenvalue weighted by Crippen LogP contribution is -2.49. The van der Waals surface area contributed by atoms with Gasteiger partial charge in [-0.2, -0.15) is 0 Å². The quantitative estimate of drug-likeness (QED) is 0.697. The summed E-state index contributed by atoms with van der Waals surface area (Å²) < 4.78 is 0. The van der Waals surface area contributed by atoms with Crippen LogP contribution in [0.5, 0.6) is 0 Å². The van der Waals surface area contributed by atoms with E-state index in [1.54, 1.807) is 0 Å². The summed E-state index contributed by atoms with van der Waals surface area (Å²) in [7, 11) is -0.0969. The maximum atomic E-state index is 9.42. The van der Waals surface area contributed by atoms with Crippen molar-refractivity contribution in [3.8, 4) is 0 Å². The zero-order chi connectivity index (χ0) is 9.76. The molecule has 4 aliphatic carbocycles. The molecule has 0 aromatic rings. The van der Waals surface area contributed by atoms with Gasteiger partial charge in [-0.05, 0) is 68.1 Å². The zero-order valence-electron chi connectivity index (χ0n) is 9.08. The van der Waals surface area contributed by atoms with E-state index in [2.05, 4.69) is 6.66 Å². The van der Waals surface area contributed by atoms with Gasteiger partial charge in [0.15, 0.2) is 0 Å². The molecule has 4 rings (SSSR count). The minimum Gasteiger partial charge on any atom is -0.392 e. The van der Waals surface area contributed by atoms with Crippen LogP contribution in [0.25, 0.3) is 0 Å². The van der Waals surface area contributed by atoms with Crippen LogP contribution in [0.1, 0.15) is 38.5 Å². The summed E-state index contributed by atoms with van der Waals surface area (Å²) in [5.74, 6) is 3.12. The lowest BCUT2D eigenvalue weighted by Gasteiger charge is -2.59. The Morgan fingerprint density at radius 1 is 1.07 bits per heavy atom. The van der Waals surface area contributed by atoms with Crippen LogP contribution in [0, 0.1) is 17.8 Å². The summed E-state index contributed by atoms with van der Waals surface area (Å²) >= 11 is 0. The van der Waals surface area contributed by atoms with Crippen molar-refractivity contribution >= 4 is 7.92 Å². The molecular weight excluding hydrogens is 191 g/mol. The van der Waals surface area contributed by atoms with Gasteiger partial charge in [0.05, 0.1) is 6.35 Å². The maximum absolute atomic E-state index is 9.42. The normalized spacial score (nSPS) is 52.3. The van der Waals surface area contributed by atoms with Crippen LogP contribution in [-0.2, 0) is 0 Å². The second-order valence-corrected chi connectivity index (χ2v) is 8.61. The first kappa shape index (κ1) is 9.60. The molecule has 0 aromatic heterocycles. The molecule has 4 saturated carbocycles. The molecule has 0 spiro atoms. The van der Waals surface area contributed by atoms with Gasteiger partial charge in [0, 0.05) is 0 Å². The van der Waals surface area contributed by atoms with Crippen LogP contribution < -0.4 is 0 Å². The summed E-state index contributed by atoms with van der Waals surface area (Å²) in [6.07, 6.45) is 9.42. The van der Waals surface area contributed by atoms with Crippen molar-refractivity contribution in [3.63, 3.8) is 0 Å². The van der Waals surface area contributed by atoms with E-state index in [1.807, 2.05) is 0 Å². The van der Waals surface area contributed by atoms with Crippen LogP contribution >= 0.6 is 7.92 Å². The second-order valence-electron chi connectivity index (χ2n) is 5.98. The van der Waals surface area contributed by atoms with Gasteiger partial charge in [0.2, 0.25) is 0 Å². The molecule has 0 amide bonds. The average molecular weight is 212 g/mol. The molecule has 2 heteroatoms. The first-order valence-corrected chi connectivity index (χ1v) is 8.01. The molecule has 80 valence electrons. The molecule has 1 N–H and O–H groups in total. The Morgan fingerprint density at radius 3 is 1.86 bits per heavy atom. The average Bonchev–Trinajstić information content (AvgIpc) is 2.14. The lowest BCUT2D eigenvalue weighted by atomic mass is 9.56. The van der Waals surface area contributed by atoms with Gasteiger partial charge in [-0.3, -0.25) is 0 Å². The van der Waals surface area contributed by atoms with Gasteiger partial charge >= 0.3 is 0 Å². The third-order valence-electron chi connectivity index (χ3n) is 5.03. The zero-order valence-corrected chi connectivity index (χ0v) is 9.97.